The van der Waals surface area contributed by atoms with Crippen molar-refractivity contribution in [1.82, 2.24) is 4.91 Å². The smallest absolute Gasteiger partial charge is 0.244 e. The largest absolute Gasteiger partial charge is 0.353 e. The Morgan fingerprint density at radius 2 is 2.09 bits per heavy atom. The number of ether oxygens (including phenoxy) is 4. The predicted molar refractivity (Wildman–Crippen MR) is 71.8 cm³/mol. The van der Waals surface area contributed by atoms with Gasteiger partial charge in [-0.25, -0.2) is 0 Å². The molecule has 1 aromatic rings. The third-order valence-corrected chi connectivity index (χ3v) is 3.64. The van der Waals surface area contributed by atoms with E-state index in [4.69, 9.17) is 24.5 Å². The first-order valence-corrected chi connectivity index (χ1v) is 6.85. The van der Waals surface area contributed by atoms with Crippen LogP contribution in [0.2, 0.25) is 0 Å². The normalized spacial score (nSPS) is 34.6. The van der Waals surface area contributed by atoms with Gasteiger partial charge in [0.25, 0.3) is 0 Å². The van der Waals surface area contributed by atoms with Crippen molar-refractivity contribution in [3.8, 4) is 0 Å². The van der Waals surface area contributed by atoms with Gasteiger partial charge in [0, 0.05) is 12.7 Å². The summed E-state index contributed by atoms with van der Waals surface area (Å²) in [5.74, 6) is -0.316. The van der Waals surface area contributed by atoms with Gasteiger partial charge in [0.2, 0.25) is 16.7 Å². The van der Waals surface area contributed by atoms with Gasteiger partial charge >= 0.3 is 0 Å². The van der Waals surface area contributed by atoms with Crippen LogP contribution in [-0.4, -0.2) is 44.0 Å². The molecule has 4 unspecified atom stereocenters. The van der Waals surface area contributed by atoms with Crippen molar-refractivity contribution >= 4 is 5.78 Å². The molecule has 0 saturated carbocycles. The van der Waals surface area contributed by atoms with E-state index in [2.05, 4.69) is 10.0 Å². The second kappa shape index (κ2) is 6.43. The van der Waals surface area contributed by atoms with Crippen molar-refractivity contribution < 1.29 is 23.7 Å². The number of benzene rings is 1. The Morgan fingerprint density at radius 3 is 2.77 bits per heavy atom. The number of carbonyl (C=O) groups is 1. The van der Waals surface area contributed by atoms with Crippen molar-refractivity contribution in [1.29, 1.82) is 5.53 Å². The molecule has 8 nitrogen and oxygen atoms in total. The maximum Gasteiger partial charge on any atom is 0.244 e. The van der Waals surface area contributed by atoms with Crippen molar-refractivity contribution in [2.75, 3.05) is 13.7 Å². The van der Waals surface area contributed by atoms with Gasteiger partial charge in [-0.2, -0.15) is 0 Å². The summed E-state index contributed by atoms with van der Waals surface area (Å²) in [7, 11) is 1.40. The van der Waals surface area contributed by atoms with Gasteiger partial charge in [0.1, 0.15) is 16.7 Å². The molecule has 2 saturated heterocycles. The molecule has 0 aliphatic carbocycles. The van der Waals surface area contributed by atoms with Crippen LogP contribution >= 0.6 is 0 Å². The standard InChI is InChI=1S/C14H16N3O5/c1-19-14-10(16-17-15)11(18)12-9(21-14)7-20-13(22-12)8-5-3-2-4-6-8/h2-6,9-10,12-15H,7H2,1H3/q+1/t9?,10?,12-,13?,14?/m1/s1. The molecular formula is C14H16N3O5+. The molecule has 1 aromatic carbocycles. The molecule has 3 rings (SSSR count). The average Bonchev–Trinajstić information content (AvgIpc) is 2.58. The lowest BCUT2D eigenvalue weighted by atomic mass is 9.98. The fraction of sp³-hybridized carbons (Fsp3) is 0.500. The highest BCUT2D eigenvalue weighted by Gasteiger charge is 2.51. The lowest BCUT2D eigenvalue weighted by Gasteiger charge is -2.41. The molecule has 0 spiro atoms. The highest BCUT2D eigenvalue weighted by molar-refractivity contribution is 5.90. The Morgan fingerprint density at radius 1 is 1.32 bits per heavy atom. The number of carbonyl (C=O) groups excluding carboxylic acids is 1. The maximum atomic E-state index is 12.5. The Kier molecular flexibility index (Phi) is 4.37. The van der Waals surface area contributed by atoms with E-state index in [1.807, 2.05) is 30.3 Å². The molecule has 0 aromatic heterocycles. The summed E-state index contributed by atoms with van der Waals surface area (Å²) in [4.78, 5) is 15.4. The highest BCUT2D eigenvalue weighted by Crippen LogP contribution is 2.32. The van der Waals surface area contributed by atoms with E-state index in [9.17, 15) is 4.79 Å². The van der Waals surface area contributed by atoms with Crippen LogP contribution in [0.4, 0.5) is 0 Å². The number of Topliss-reactive ketones (excluding diaryl/α,β-unsaturated/α-hetero) is 1. The zero-order valence-corrected chi connectivity index (χ0v) is 11.9. The molecule has 8 heteroatoms. The van der Waals surface area contributed by atoms with Gasteiger partial charge in [-0.1, -0.05) is 30.3 Å². The van der Waals surface area contributed by atoms with Crippen LogP contribution in [0.1, 0.15) is 11.9 Å². The third kappa shape index (κ3) is 2.70. The van der Waals surface area contributed by atoms with E-state index in [0.717, 1.165) is 5.56 Å². The van der Waals surface area contributed by atoms with Crippen LogP contribution < -0.4 is 4.91 Å². The van der Waals surface area contributed by atoms with Crippen molar-refractivity contribution in [3.05, 3.63) is 35.9 Å². The van der Waals surface area contributed by atoms with Gasteiger partial charge in [0.15, 0.2) is 18.7 Å². The summed E-state index contributed by atoms with van der Waals surface area (Å²) in [6.07, 6.45) is -2.90. The number of hydrogen-bond donors (Lipinski definition) is 1. The zero-order valence-electron chi connectivity index (χ0n) is 11.9. The summed E-state index contributed by atoms with van der Waals surface area (Å²) < 4.78 is 22.1. The molecule has 0 radical (unpaired) electrons. The summed E-state index contributed by atoms with van der Waals surface area (Å²) in [6, 6.07) is 8.34. The number of nitrogens with zero attached hydrogens (tertiary/aromatic N) is 2. The van der Waals surface area contributed by atoms with Crippen LogP contribution in [0.15, 0.2) is 35.4 Å². The minimum absolute atomic E-state index is 0.209. The van der Waals surface area contributed by atoms with Crippen molar-refractivity contribution in [2.45, 2.75) is 30.8 Å². The maximum absolute atomic E-state index is 12.5. The number of fused-ring (bicyclic) bond motifs is 1. The number of methoxy groups -OCH3 is 1. The van der Waals surface area contributed by atoms with E-state index >= 15 is 0 Å². The van der Waals surface area contributed by atoms with E-state index in [0.29, 0.717) is 0 Å². The van der Waals surface area contributed by atoms with Gasteiger partial charge in [-0.05, 0) is 0 Å². The molecule has 2 aliphatic heterocycles. The summed E-state index contributed by atoms with van der Waals surface area (Å²) in [5, 5.41) is 3.58. The Hall–Kier alpha value is -1.96. The average molecular weight is 306 g/mol. The quantitative estimate of drug-likeness (QED) is 0.661. The Bertz CT molecular complexity index is 589. The van der Waals surface area contributed by atoms with Gasteiger partial charge in [0.05, 0.1) is 6.61 Å². The molecule has 1 N–H and O–H groups in total. The lowest BCUT2D eigenvalue weighted by Crippen LogP contribution is -2.59. The second-order valence-electron chi connectivity index (χ2n) is 4.97. The molecule has 0 bridgehead atoms. The lowest BCUT2D eigenvalue weighted by molar-refractivity contribution is -0.301. The van der Waals surface area contributed by atoms with Gasteiger partial charge < -0.3 is 18.9 Å². The van der Waals surface area contributed by atoms with Crippen LogP contribution in [0.5, 0.6) is 0 Å². The number of hydrogen-bond acceptors (Lipinski definition) is 7. The van der Waals surface area contributed by atoms with Crippen LogP contribution in [0.25, 0.3) is 0 Å². The van der Waals surface area contributed by atoms with Crippen molar-refractivity contribution in [2.24, 2.45) is 5.11 Å². The zero-order chi connectivity index (χ0) is 15.5. The summed E-state index contributed by atoms with van der Waals surface area (Å²) in [6.45, 7) is 0.209. The number of rotatable bonds is 3. The van der Waals surface area contributed by atoms with Crippen LogP contribution in [0, 0.1) is 5.53 Å². The second-order valence-corrected chi connectivity index (χ2v) is 4.97. The summed E-state index contributed by atoms with van der Waals surface area (Å²) >= 11 is 0. The van der Waals surface area contributed by atoms with E-state index in [1.165, 1.54) is 7.11 Å². The first-order chi connectivity index (χ1) is 10.7. The topological polar surface area (TPSA) is 104 Å². The van der Waals surface area contributed by atoms with Gasteiger partial charge in [-0.3, -0.25) is 4.79 Å². The fourth-order valence-corrected chi connectivity index (χ4v) is 2.58. The monoisotopic (exact) mass is 306 g/mol. The molecule has 116 valence electrons. The first-order valence-electron chi connectivity index (χ1n) is 6.85. The van der Waals surface area contributed by atoms with E-state index < -0.39 is 30.8 Å². The molecule has 0 amide bonds. The van der Waals surface area contributed by atoms with E-state index in [1.54, 1.807) is 0 Å². The number of ketones is 1. The Balaban J connectivity index is 1.80. The number of nitrogens with one attached hydrogen (secondary N) is 1. The Labute approximate surface area is 126 Å². The molecule has 5 atom stereocenters. The van der Waals surface area contributed by atoms with Crippen LogP contribution in [0.3, 0.4) is 0 Å². The molecular weight excluding hydrogens is 290 g/mol. The molecule has 2 aliphatic rings. The first kappa shape index (κ1) is 15.0. The predicted octanol–water partition coefficient (Wildman–Crippen LogP) is 0.960. The minimum atomic E-state index is -1.00. The van der Waals surface area contributed by atoms with Crippen LogP contribution in [-0.2, 0) is 23.7 Å². The molecule has 2 fully saturated rings. The molecule has 22 heavy (non-hydrogen) atoms. The van der Waals surface area contributed by atoms with Gasteiger partial charge in [-0.15, -0.1) is 0 Å². The third-order valence-electron chi connectivity index (χ3n) is 3.64. The summed E-state index contributed by atoms with van der Waals surface area (Å²) in [5.41, 5.74) is 7.65. The van der Waals surface area contributed by atoms with Crippen molar-refractivity contribution in [3.63, 3.8) is 0 Å². The highest BCUT2D eigenvalue weighted by atomic mass is 16.7. The molecule has 2 heterocycles. The van der Waals surface area contributed by atoms with E-state index in [-0.39, 0.29) is 12.4 Å². The SMILES string of the molecule is COC1OC2COC(c3ccccc3)O[C@H]2C(=O)C1N=[N+]=N. The minimum Gasteiger partial charge on any atom is -0.353 e. The fourth-order valence-electron chi connectivity index (χ4n) is 2.58.